The molecule has 0 fully saturated rings. The van der Waals surface area contributed by atoms with Gasteiger partial charge in [-0.25, -0.2) is 13.2 Å². The average molecular weight is 407 g/mol. The number of hydrogen-bond acceptors (Lipinski definition) is 6. The molecule has 0 spiro atoms. The van der Waals surface area contributed by atoms with E-state index in [1.54, 1.807) is 12.1 Å². The molecule has 1 aromatic carbocycles. The summed E-state index contributed by atoms with van der Waals surface area (Å²) in [7, 11) is -3.62. The fourth-order valence-corrected chi connectivity index (χ4v) is 2.62. The van der Waals surface area contributed by atoms with Gasteiger partial charge < -0.3 is 15.1 Å². The van der Waals surface area contributed by atoms with Gasteiger partial charge in [-0.05, 0) is 24.1 Å². The molecule has 0 bridgehead atoms. The molecule has 2 N–H and O–H groups in total. The van der Waals surface area contributed by atoms with Crippen LogP contribution in [0.25, 0.3) is 0 Å². The number of carbonyl (C=O) groups excluding carboxylic acids is 1. The zero-order chi connectivity index (χ0) is 18.8. The maximum Gasteiger partial charge on any atom is 0.335 e. The number of sulfone groups is 1. The molecule has 136 valence electrons. The van der Waals surface area contributed by atoms with Crippen LogP contribution in [-0.4, -0.2) is 30.9 Å². The third-order valence-corrected chi connectivity index (χ3v) is 4.67. The summed E-state index contributed by atoms with van der Waals surface area (Å²) in [5.74, 6) is -0.132. The van der Waals surface area contributed by atoms with Crippen LogP contribution in [0.5, 0.6) is 0 Å². The Morgan fingerprint density at radius 3 is 2.40 bits per heavy atom. The van der Waals surface area contributed by atoms with Crippen molar-refractivity contribution in [3.05, 3.63) is 34.1 Å². The second kappa shape index (κ2) is 7.59. The number of carbonyl (C=O) groups is 1. The van der Waals surface area contributed by atoms with Gasteiger partial charge in [-0.1, -0.05) is 42.1 Å². The molecule has 1 atom stereocenters. The van der Waals surface area contributed by atoms with Crippen LogP contribution in [0.15, 0.2) is 27.8 Å². The standard InChI is InChI=1S/C14H16Cl2N4O4S/c1-7(2)11(12-19-20-14(24-12)25(3,22)23)18-13(21)17-8-4-5-9(15)10(16)6-8/h4-7,11H,1-3H3,(H2,17,18,21)/t11-/m0/s1. The summed E-state index contributed by atoms with van der Waals surface area (Å²) < 4.78 is 28.1. The van der Waals surface area contributed by atoms with Crippen LogP contribution in [0.1, 0.15) is 25.8 Å². The van der Waals surface area contributed by atoms with E-state index in [1.165, 1.54) is 6.07 Å². The lowest BCUT2D eigenvalue weighted by atomic mass is 10.1. The molecule has 0 saturated heterocycles. The van der Waals surface area contributed by atoms with Gasteiger partial charge in [0, 0.05) is 11.9 Å². The first-order valence-corrected chi connectivity index (χ1v) is 9.78. The maximum atomic E-state index is 12.2. The molecular formula is C14H16Cl2N4O4S. The SMILES string of the molecule is CC(C)[C@H](NC(=O)Nc1ccc(Cl)c(Cl)c1)c1nnc(S(C)(=O)=O)o1. The maximum absolute atomic E-state index is 12.2. The average Bonchev–Trinajstić information content (AvgIpc) is 2.98. The Morgan fingerprint density at radius 2 is 1.88 bits per heavy atom. The fraction of sp³-hybridized carbons (Fsp3) is 0.357. The molecule has 0 aliphatic heterocycles. The zero-order valence-electron chi connectivity index (χ0n) is 13.6. The Hall–Kier alpha value is -1.84. The van der Waals surface area contributed by atoms with Crippen LogP contribution in [0, 0.1) is 5.92 Å². The first kappa shape index (κ1) is 19.5. The number of aromatic nitrogens is 2. The molecule has 0 aliphatic rings. The highest BCUT2D eigenvalue weighted by Gasteiger charge is 2.26. The van der Waals surface area contributed by atoms with Gasteiger partial charge in [0.05, 0.1) is 10.0 Å². The molecule has 2 rings (SSSR count). The summed E-state index contributed by atoms with van der Waals surface area (Å²) in [6.45, 7) is 3.63. The van der Waals surface area contributed by atoms with E-state index in [9.17, 15) is 13.2 Å². The lowest BCUT2D eigenvalue weighted by molar-refractivity contribution is 0.237. The largest absolute Gasteiger partial charge is 0.410 e. The number of amides is 2. The summed E-state index contributed by atoms with van der Waals surface area (Å²) in [5.41, 5.74) is 0.441. The van der Waals surface area contributed by atoms with Gasteiger partial charge >= 0.3 is 11.3 Å². The van der Waals surface area contributed by atoms with Crippen LogP contribution in [-0.2, 0) is 9.84 Å². The minimum absolute atomic E-state index is 0.000265. The first-order chi connectivity index (χ1) is 11.6. The van der Waals surface area contributed by atoms with Crippen LogP contribution >= 0.6 is 23.2 Å². The van der Waals surface area contributed by atoms with Crippen molar-refractivity contribution in [2.45, 2.75) is 25.1 Å². The molecule has 1 heterocycles. The fourth-order valence-electron chi connectivity index (χ4n) is 1.89. The van der Waals surface area contributed by atoms with Gasteiger partial charge in [0.15, 0.2) is 0 Å². The monoisotopic (exact) mass is 406 g/mol. The van der Waals surface area contributed by atoms with Gasteiger partial charge in [0.25, 0.3) is 0 Å². The Bertz CT molecular complexity index is 883. The first-order valence-electron chi connectivity index (χ1n) is 7.14. The van der Waals surface area contributed by atoms with Crippen molar-refractivity contribution >= 4 is 44.8 Å². The summed E-state index contributed by atoms with van der Waals surface area (Å²) in [5, 5.41) is 12.6. The molecule has 0 saturated carbocycles. The van der Waals surface area contributed by atoms with Crippen LogP contribution < -0.4 is 10.6 Å². The minimum Gasteiger partial charge on any atom is -0.410 e. The molecule has 0 aliphatic carbocycles. The molecule has 2 aromatic rings. The Balaban J connectivity index is 2.14. The highest BCUT2D eigenvalue weighted by atomic mass is 35.5. The van der Waals surface area contributed by atoms with Crippen molar-refractivity contribution in [3.8, 4) is 0 Å². The highest BCUT2D eigenvalue weighted by molar-refractivity contribution is 7.90. The molecule has 8 nitrogen and oxygen atoms in total. The molecule has 25 heavy (non-hydrogen) atoms. The van der Waals surface area contributed by atoms with Crippen molar-refractivity contribution in [1.29, 1.82) is 0 Å². The Kier molecular flexibility index (Phi) is 5.91. The second-order valence-electron chi connectivity index (χ2n) is 5.63. The predicted molar refractivity (Wildman–Crippen MR) is 93.6 cm³/mol. The number of nitrogens with zero attached hydrogens (tertiary/aromatic N) is 2. The van der Waals surface area contributed by atoms with Crippen molar-refractivity contribution in [2.24, 2.45) is 5.92 Å². The summed E-state index contributed by atoms with van der Waals surface area (Å²) in [4.78, 5) is 12.2. The topological polar surface area (TPSA) is 114 Å². The van der Waals surface area contributed by atoms with Gasteiger partial charge in [0.2, 0.25) is 15.7 Å². The molecule has 0 unspecified atom stereocenters. The van der Waals surface area contributed by atoms with Crippen molar-refractivity contribution in [3.63, 3.8) is 0 Å². The van der Waals surface area contributed by atoms with Gasteiger partial charge in [0.1, 0.15) is 6.04 Å². The molecule has 0 radical (unpaired) electrons. The smallest absolute Gasteiger partial charge is 0.335 e. The Labute approximate surface area is 154 Å². The number of benzene rings is 1. The lowest BCUT2D eigenvalue weighted by Crippen LogP contribution is -2.35. The van der Waals surface area contributed by atoms with E-state index in [-0.39, 0.29) is 11.8 Å². The summed E-state index contributed by atoms with van der Waals surface area (Å²) >= 11 is 11.7. The van der Waals surface area contributed by atoms with E-state index >= 15 is 0 Å². The summed E-state index contributed by atoms with van der Waals surface area (Å²) in [6, 6.07) is 3.42. The quantitative estimate of drug-likeness (QED) is 0.786. The van der Waals surface area contributed by atoms with Crippen molar-refractivity contribution in [1.82, 2.24) is 15.5 Å². The molecule has 11 heteroatoms. The van der Waals surface area contributed by atoms with Crippen LogP contribution in [0.3, 0.4) is 0 Å². The van der Waals surface area contributed by atoms with Gasteiger partial charge in [-0.3, -0.25) is 0 Å². The predicted octanol–water partition coefficient (Wildman–Crippen LogP) is 3.30. The van der Waals surface area contributed by atoms with E-state index in [0.29, 0.717) is 15.7 Å². The number of halogens is 2. The van der Waals surface area contributed by atoms with Gasteiger partial charge in [-0.15, -0.1) is 5.10 Å². The molecule has 1 aromatic heterocycles. The number of nitrogens with one attached hydrogen (secondary N) is 2. The third kappa shape index (κ3) is 5.07. The van der Waals surface area contributed by atoms with Crippen molar-refractivity contribution < 1.29 is 17.6 Å². The van der Waals surface area contributed by atoms with E-state index in [0.717, 1.165) is 6.26 Å². The number of hydrogen-bond donors (Lipinski definition) is 2. The third-order valence-electron chi connectivity index (χ3n) is 3.14. The zero-order valence-corrected chi connectivity index (χ0v) is 15.9. The number of rotatable bonds is 5. The Morgan fingerprint density at radius 1 is 1.20 bits per heavy atom. The van der Waals surface area contributed by atoms with Crippen LogP contribution in [0.4, 0.5) is 10.5 Å². The lowest BCUT2D eigenvalue weighted by Gasteiger charge is -2.19. The number of urea groups is 1. The van der Waals surface area contributed by atoms with Gasteiger partial charge in [-0.2, -0.15) is 0 Å². The summed E-state index contributed by atoms with van der Waals surface area (Å²) in [6.07, 6.45) is 0.957. The molecule has 2 amide bonds. The normalized spacial score (nSPS) is 12.9. The van der Waals surface area contributed by atoms with Crippen molar-refractivity contribution in [2.75, 3.05) is 11.6 Å². The molecular weight excluding hydrogens is 391 g/mol. The second-order valence-corrected chi connectivity index (χ2v) is 8.34. The van der Waals surface area contributed by atoms with E-state index in [2.05, 4.69) is 20.8 Å². The van der Waals surface area contributed by atoms with Crippen LogP contribution in [0.2, 0.25) is 10.0 Å². The van der Waals surface area contributed by atoms with E-state index in [4.69, 9.17) is 27.6 Å². The minimum atomic E-state index is -3.62. The van der Waals surface area contributed by atoms with E-state index < -0.39 is 27.1 Å². The number of anilines is 1. The van der Waals surface area contributed by atoms with E-state index in [1.807, 2.05) is 13.8 Å². The highest BCUT2D eigenvalue weighted by Crippen LogP contribution is 2.26.